The molecule has 0 atom stereocenters. The number of hydrogen-bond donors (Lipinski definition) is 2. The van der Waals surface area contributed by atoms with Crippen molar-refractivity contribution < 1.29 is 18.4 Å². The Morgan fingerprint density at radius 1 is 1.29 bits per heavy atom. The summed E-state index contributed by atoms with van der Waals surface area (Å²) in [5.41, 5.74) is 5.93. The second kappa shape index (κ2) is 8.09. The van der Waals surface area contributed by atoms with E-state index in [1.54, 1.807) is 13.1 Å². The highest BCUT2D eigenvalue weighted by molar-refractivity contribution is 9.10. The number of carbonyl (C=O) groups is 2. The van der Waals surface area contributed by atoms with Crippen LogP contribution in [0.4, 0.5) is 14.5 Å². The highest BCUT2D eigenvalue weighted by Crippen LogP contribution is 2.44. The summed E-state index contributed by atoms with van der Waals surface area (Å²) in [6.07, 6.45) is -1.34. The first-order valence-electron chi connectivity index (χ1n) is 8.78. The highest BCUT2D eigenvalue weighted by Gasteiger charge is 2.26. The number of pyridine rings is 1. The molecule has 7 nitrogen and oxygen atoms in total. The summed E-state index contributed by atoms with van der Waals surface area (Å²) >= 11 is 5.54. The standard InChI is InChI=1S/C19H14BrF2N5O2S2/c1-7-3-4-11(30-7)8-5-10(16(21)22)25-19-12(8)13(15(31-19)17(23)28)26-18(29)14-9(20)6-24-27(14)2/h3-6,16H,1-2H3,(H2,23,28)(H,26,29). The number of nitrogens with two attached hydrogens (primary N) is 1. The lowest BCUT2D eigenvalue weighted by Gasteiger charge is -2.10. The monoisotopic (exact) mass is 525 g/mol. The number of nitrogens with zero attached hydrogens (tertiary/aromatic N) is 3. The van der Waals surface area contributed by atoms with Gasteiger partial charge in [-0.15, -0.1) is 22.7 Å². The molecule has 0 aliphatic carbocycles. The van der Waals surface area contributed by atoms with E-state index in [4.69, 9.17) is 5.73 Å². The third-order valence-corrected chi connectivity index (χ3v) is 7.20. The Labute approximate surface area is 191 Å². The fourth-order valence-electron chi connectivity index (χ4n) is 3.13. The number of amides is 2. The predicted molar refractivity (Wildman–Crippen MR) is 120 cm³/mol. The van der Waals surface area contributed by atoms with Gasteiger partial charge in [0, 0.05) is 27.8 Å². The van der Waals surface area contributed by atoms with E-state index in [1.165, 1.54) is 28.3 Å². The molecule has 12 heteroatoms. The Morgan fingerprint density at radius 2 is 2.03 bits per heavy atom. The quantitative estimate of drug-likeness (QED) is 0.377. The minimum absolute atomic E-state index is 0.0232. The van der Waals surface area contributed by atoms with E-state index >= 15 is 0 Å². The minimum Gasteiger partial charge on any atom is -0.365 e. The molecule has 0 radical (unpaired) electrons. The third kappa shape index (κ3) is 3.86. The number of rotatable bonds is 5. The first kappa shape index (κ1) is 21.5. The second-order valence-electron chi connectivity index (χ2n) is 6.58. The van der Waals surface area contributed by atoms with E-state index in [1.807, 2.05) is 13.0 Å². The second-order valence-corrected chi connectivity index (χ2v) is 9.72. The van der Waals surface area contributed by atoms with Gasteiger partial charge in [0.1, 0.15) is 21.1 Å². The van der Waals surface area contributed by atoms with Gasteiger partial charge in [-0.05, 0) is 41.1 Å². The van der Waals surface area contributed by atoms with Crippen LogP contribution in [0.25, 0.3) is 20.7 Å². The Morgan fingerprint density at radius 3 is 2.58 bits per heavy atom. The van der Waals surface area contributed by atoms with Gasteiger partial charge in [0.05, 0.1) is 16.4 Å². The molecule has 0 aromatic carbocycles. The Kier molecular flexibility index (Phi) is 5.62. The first-order valence-corrected chi connectivity index (χ1v) is 11.2. The van der Waals surface area contributed by atoms with Crippen molar-refractivity contribution in [2.24, 2.45) is 12.8 Å². The lowest BCUT2D eigenvalue weighted by Crippen LogP contribution is -2.19. The molecule has 0 unspecified atom stereocenters. The zero-order valence-electron chi connectivity index (χ0n) is 16.1. The number of alkyl halides is 2. The molecule has 2 amide bonds. The van der Waals surface area contributed by atoms with Gasteiger partial charge in [-0.2, -0.15) is 5.10 Å². The molecule has 0 saturated heterocycles. The number of carbonyl (C=O) groups excluding carboxylic acids is 2. The molecule has 3 N–H and O–H groups in total. The van der Waals surface area contributed by atoms with Gasteiger partial charge >= 0.3 is 0 Å². The maximum Gasteiger partial charge on any atom is 0.280 e. The molecular weight excluding hydrogens is 512 g/mol. The average Bonchev–Trinajstić information content (AvgIpc) is 3.38. The van der Waals surface area contributed by atoms with Crippen LogP contribution in [0.5, 0.6) is 0 Å². The number of aromatic nitrogens is 3. The normalized spacial score (nSPS) is 11.4. The Bertz CT molecular complexity index is 1330. The van der Waals surface area contributed by atoms with Crippen molar-refractivity contribution in [3.63, 3.8) is 0 Å². The maximum atomic E-state index is 13.5. The number of nitrogens with one attached hydrogen (secondary N) is 1. The fourth-order valence-corrected chi connectivity index (χ4v) is 5.57. The van der Waals surface area contributed by atoms with Crippen molar-refractivity contribution in [1.29, 1.82) is 0 Å². The van der Waals surface area contributed by atoms with Gasteiger partial charge in [0.2, 0.25) is 0 Å². The lowest BCUT2D eigenvalue weighted by molar-refractivity contribution is 0.100. The van der Waals surface area contributed by atoms with Crippen LogP contribution in [0.2, 0.25) is 0 Å². The largest absolute Gasteiger partial charge is 0.365 e. The molecule has 160 valence electrons. The lowest BCUT2D eigenvalue weighted by atomic mass is 10.1. The molecule has 0 fully saturated rings. The van der Waals surface area contributed by atoms with Crippen LogP contribution in [0.1, 0.15) is 37.2 Å². The molecule has 4 aromatic heterocycles. The molecule has 0 saturated carbocycles. The predicted octanol–water partition coefficient (Wildman–Crippen LogP) is 5.12. The molecule has 0 spiro atoms. The molecule has 0 aliphatic heterocycles. The summed E-state index contributed by atoms with van der Waals surface area (Å²) in [5.74, 6) is -1.34. The maximum absolute atomic E-state index is 13.5. The minimum atomic E-state index is -2.80. The van der Waals surface area contributed by atoms with E-state index in [2.05, 4.69) is 31.3 Å². The van der Waals surface area contributed by atoms with E-state index in [0.717, 1.165) is 16.2 Å². The van der Waals surface area contributed by atoms with E-state index in [0.29, 0.717) is 20.3 Å². The fraction of sp³-hybridized carbons (Fsp3) is 0.158. The van der Waals surface area contributed by atoms with Gasteiger partial charge in [-0.25, -0.2) is 13.8 Å². The summed E-state index contributed by atoms with van der Waals surface area (Å²) in [4.78, 5) is 31.0. The van der Waals surface area contributed by atoms with Crippen molar-refractivity contribution in [3.05, 3.63) is 50.0 Å². The van der Waals surface area contributed by atoms with Crippen LogP contribution < -0.4 is 11.1 Å². The number of aryl methyl sites for hydroxylation is 2. The molecule has 0 aliphatic rings. The molecule has 4 heterocycles. The summed E-state index contributed by atoms with van der Waals surface area (Å²) in [6.45, 7) is 1.89. The number of halogens is 3. The average molecular weight is 526 g/mol. The zero-order valence-corrected chi connectivity index (χ0v) is 19.3. The van der Waals surface area contributed by atoms with Crippen LogP contribution in [-0.2, 0) is 7.05 Å². The molecular formula is C19H14BrF2N5O2S2. The van der Waals surface area contributed by atoms with Crippen molar-refractivity contribution in [1.82, 2.24) is 14.8 Å². The van der Waals surface area contributed by atoms with Crippen molar-refractivity contribution in [2.75, 3.05) is 5.32 Å². The van der Waals surface area contributed by atoms with Gasteiger partial charge in [-0.3, -0.25) is 14.3 Å². The molecule has 31 heavy (non-hydrogen) atoms. The number of anilines is 1. The van der Waals surface area contributed by atoms with Crippen LogP contribution in [0.15, 0.2) is 28.9 Å². The summed E-state index contributed by atoms with van der Waals surface area (Å²) in [5, 5.41) is 7.12. The third-order valence-electron chi connectivity index (χ3n) is 4.48. The van der Waals surface area contributed by atoms with Gasteiger partial charge in [-0.1, -0.05) is 0 Å². The molecule has 4 aromatic rings. The smallest absolute Gasteiger partial charge is 0.280 e. The van der Waals surface area contributed by atoms with Crippen LogP contribution >= 0.6 is 38.6 Å². The van der Waals surface area contributed by atoms with E-state index < -0.39 is 23.9 Å². The van der Waals surface area contributed by atoms with Crippen molar-refractivity contribution in [2.45, 2.75) is 13.3 Å². The van der Waals surface area contributed by atoms with Crippen LogP contribution in [0, 0.1) is 6.92 Å². The Hall–Kier alpha value is -2.70. The van der Waals surface area contributed by atoms with Gasteiger partial charge < -0.3 is 11.1 Å². The number of primary amides is 1. The SMILES string of the molecule is Cc1ccc(-c2cc(C(F)F)nc3sc(C(N)=O)c(NC(=O)c4c(Br)cnn4C)c23)s1. The Balaban J connectivity index is 1.98. The summed E-state index contributed by atoms with van der Waals surface area (Å²) in [7, 11) is 1.59. The number of hydrogen-bond acceptors (Lipinski definition) is 6. The van der Waals surface area contributed by atoms with Crippen LogP contribution in [-0.4, -0.2) is 26.6 Å². The summed E-state index contributed by atoms with van der Waals surface area (Å²) in [6, 6.07) is 4.95. The van der Waals surface area contributed by atoms with E-state index in [9.17, 15) is 18.4 Å². The molecule has 0 bridgehead atoms. The topological polar surface area (TPSA) is 103 Å². The van der Waals surface area contributed by atoms with Crippen LogP contribution in [0.3, 0.4) is 0 Å². The first-order chi connectivity index (χ1) is 14.7. The highest BCUT2D eigenvalue weighted by atomic mass is 79.9. The number of fused-ring (bicyclic) bond motifs is 1. The zero-order chi connectivity index (χ0) is 22.4. The van der Waals surface area contributed by atoms with Crippen molar-refractivity contribution in [3.8, 4) is 10.4 Å². The van der Waals surface area contributed by atoms with Gasteiger partial charge in [0.25, 0.3) is 18.2 Å². The van der Waals surface area contributed by atoms with Gasteiger partial charge in [0.15, 0.2) is 0 Å². The molecule has 4 rings (SSSR count). The van der Waals surface area contributed by atoms with E-state index in [-0.39, 0.29) is 21.1 Å². The van der Waals surface area contributed by atoms with Crippen molar-refractivity contribution >= 4 is 66.3 Å². The summed E-state index contributed by atoms with van der Waals surface area (Å²) < 4.78 is 28.9. The number of thiophene rings is 2.